The zero-order chi connectivity index (χ0) is 20.0. The zero-order valence-electron chi connectivity index (χ0n) is 13.7. The normalized spacial score (nSPS) is 10.9. The van der Waals surface area contributed by atoms with E-state index in [1.807, 2.05) is 6.07 Å². The maximum atomic E-state index is 12.4. The molecular formula is C19H12Br2Cl2N2O2. The van der Waals surface area contributed by atoms with Crippen molar-refractivity contribution in [2.24, 2.45) is 0 Å². The van der Waals surface area contributed by atoms with Crippen LogP contribution in [-0.4, -0.2) is 12.5 Å². The van der Waals surface area contributed by atoms with E-state index in [1.165, 1.54) is 12.1 Å². The van der Waals surface area contributed by atoms with Crippen molar-refractivity contribution in [1.82, 2.24) is 0 Å². The number of nitrogens with zero attached hydrogens (tertiary/aromatic N) is 1. The van der Waals surface area contributed by atoms with Crippen molar-refractivity contribution in [3.8, 4) is 11.8 Å². The second-order valence-corrected chi connectivity index (χ2v) is 7.69. The van der Waals surface area contributed by atoms with Crippen LogP contribution in [0, 0.1) is 11.3 Å². The summed E-state index contributed by atoms with van der Waals surface area (Å²) >= 11 is 18.6. The van der Waals surface area contributed by atoms with Crippen LogP contribution in [-0.2, 0) is 4.79 Å². The van der Waals surface area contributed by atoms with Gasteiger partial charge in [0, 0.05) is 5.69 Å². The Balaban J connectivity index is 2.26. The van der Waals surface area contributed by atoms with Gasteiger partial charge >= 0.3 is 0 Å². The van der Waals surface area contributed by atoms with Crippen molar-refractivity contribution in [2.45, 2.75) is 0 Å². The molecule has 8 heteroatoms. The molecule has 0 fully saturated rings. The van der Waals surface area contributed by atoms with E-state index in [2.05, 4.69) is 43.8 Å². The molecule has 0 aromatic heterocycles. The molecule has 0 bridgehead atoms. The van der Waals surface area contributed by atoms with Gasteiger partial charge in [-0.3, -0.25) is 4.79 Å². The number of hydrogen-bond donors (Lipinski definition) is 1. The van der Waals surface area contributed by atoms with E-state index in [0.717, 1.165) is 0 Å². The molecule has 1 amide bonds. The van der Waals surface area contributed by atoms with E-state index in [-0.39, 0.29) is 5.57 Å². The van der Waals surface area contributed by atoms with Crippen LogP contribution in [0.3, 0.4) is 0 Å². The van der Waals surface area contributed by atoms with Crippen LogP contribution >= 0.6 is 55.1 Å². The summed E-state index contributed by atoms with van der Waals surface area (Å²) < 4.78 is 6.90. The van der Waals surface area contributed by atoms with Crippen molar-refractivity contribution in [2.75, 3.05) is 11.9 Å². The smallest absolute Gasteiger partial charge is 0.266 e. The summed E-state index contributed by atoms with van der Waals surface area (Å²) in [5, 5.41) is 12.7. The Morgan fingerprint density at radius 3 is 2.44 bits per heavy atom. The van der Waals surface area contributed by atoms with Gasteiger partial charge in [-0.2, -0.15) is 5.26 Å². The molecule has 0 atom stereocenters. The van der Waals surface area contributed by atoms with Gasteiger partial charge < -0.3 is 10.1 Å². The Bertz CT molecular complexity index is 946. The third kappa shape index (κ3) is 5.85. The van der Waals surface area contributed by atoms with E-state index in [0.29, 0.717) is 42.6 Å². The molecule has 0 saturated carbocycles. The van der Waals surface area contributed by atoms with Crippen LogP contribution in [0.25, 0.3) is 6.08 Å². The van der Waals surface area contributed by atoms with Crippen molar-refractivity contribution in [3.63, 3.8) is 0 Å². The van der Waals surface area contributed by atoms with Gasteiger partial charge in [-0.1, -0.05) is 35.9 Å². The Kier molecular flexibility index (Phi) is 7.93. The van der Waals surface area contributed by atoms with Crippen molar-refractivity contribution in [1.29, 1.82) is 5.26 Å². The average Bonchev–Trinajstić information content (AvgIpc) is 2.62. The van der Waals surface area contributed by atoms with Crippen LogP contribution < -0.4 is 10.1 Å². The number of nitrogens with one attached hydrogen (secondary N) is 1. The number of carbonyl (C=O) groups excluding carboxylic acids is 1. The highest BCUT2D eigenvalue weighted by Crippen LogP contribution is 2.35. The summed E-state index contributed by atoms with van der Waals surface area (Å²) in [4.78, 5) is 12.4. The second kappa shape index (κ2) is 9.95. The van der Waals surface area contributed by atoms with Crippen LogP contribution in [0.5, 0.6) is 5.75 Å². The number of nitriles is 1. The molecule has 1 N–H and O–H groups in total. The molecule has 0 radical (unpaired) electrons. The molecule has 4 nitrogen and oxygen atoms in total. The maximum absolute atomic E-state index is 12.4. The fourth-order valence-electron chi connectivity index (χ4n) is 2.03. The van der Waals surface area contributed by atoms with Crippen LogP contribution in [0.2, 0.25) is 10.0 Å². The number of amides is 1. The number of anilines is 1. The van der Waals surface area contributed by atoms with E-state index in [1.54, 1.807) is 30.3 Å². The van der Waals surface area contributed by atoms with E-state index < -0.39 is 5.91 Å². The van der Waals surface area contributed by atoms with Gasteiger partial charge in [0.25, 0.3) is 5.91 Å². The first-order chi connectivity index (χ1) is 12.8. The number of ether oxygens (including phenoxy) is 1. The fraction of sp³-hybridized carbons (Fsp3) is 0.0526. The second-order valence-electron chi connectivity index (χ2n) is 5.17. The first-order valence-electron chi connectivity index (χ1n) is 7.46. The minimum atomic E-state index is -0.560. The first kappa shape index (κ1) is 21.5. The summed E-state index contributed by atoms with van der Waals surface area (Å²) in [5.41, 5.74) is 1.01. The molecule has 0 heterocycles. The molecule has 0 aliphatic rings. The Labute approximate surface area is 183 Å². The number of halogens is 4. The highest BCUT2D eigenvalue weighted by molar-refractivity contribution is 9.11. The monoisotopic (exact) mass is 528 g/mol. The average molecular weight is 531 g/mol. The van der Waals surface area contributed by atoms with Gasteiger partial charge in [0.1, 0.15) is 24.0 Å². The highest BCUT2D eigenvalue weighted by atomic mass is 79.9. The van der Waals surface area contributed by atoms with Crippen molar-refractivity contribution in [3.05, 3.63) is 73.1 Å². The molecule has 138 valence electrons. The molecule has 0 aliphatic heterocycles. The number of benzene rings is 2. The van der Waals surface area contributed by atoms with Gasteiger partial charge in [-0.25, -0.2) is 0 Å². The number of hydrogen-bond acceptors (Lipinski definition) is 3. The minimum absolute atomic E-state index is 0.0698. The largest absolute Gasteiger partial charge is 0.487 e. The van der Waals surface area contributed by atoms with Gasteiger partial charge in [0.2, 0.25) is 0 Å². The number of rotatable bonds is 6. The third-order valence-corrected chi connectivity index (χ3v) is 5.14. The van der Waals surface area contributed by atoms with E-state index in [9.17, 15) is 10.1 Å². The van der Waals surface area contributed by atoms with E-state index >= 15 is 0 Å². The lowest BCUT2D eigenvalue weighted by atomic mass is 10.1. The number of carbonyl (C=O) groups is 1. The summed E-state index contributed by atoms with van der Waals surface area (Å²) in [6, 6.07) is 10.1. The van der Waals surface area contributed by atoms with Gasteiger partial charge in [-0.05, 0) is 73.8 Å². The van der Waals surface area contributed by atoms with E-state index in [4.69, 9.17) is 27.9 Å². The predicted octanol–water partition coefficient (Wildman–Crippen LogP) is 6.63. The van der Waals surface area contributed by atoms with Crippen LogP contribution in [0.15, 0.2) is 57.5 Å². The predicted molar refractivity (Wildman–Crippen MR) is 116 cm³/mol. The molecule has 0 unspecified atom stereocenters. The molecule has 0 saturated heterocycles. The summed E-state index contributed by atoms with van der Waals surface area (Å²) in [5.74, 6) is 0.0425. The molecule has 0 spiro atoms. The maximum Gasteiger partial charge on any atom is 0.266 e. The molecule has 2 aromatic carbocycles. The highest BCUT2D eigenvalue weighted by Gasteiger charge is 2.13. The molecular weight excluding hydrogens is 519 g/mol. The Hall–Kier alpha value is -1.78. The third-order valence-electron chi connectivity index (χ3n) is 3.22. The quantitative estimate of drug-likeness (QED) is 0.259. The molecule has 27 heavy (non-hydrogen) atoms. The van der Waals surface area contributed by atoms with Crippen LogP contribution in [0.1, 0.15) is 5.56 Å². The SMILES string of the molecule is C=CCOc1c(Br)cc(/C=C(\C#N)C(=O)Nc2ccc(Cl)c(Cl)c2)cc1Br. The van der Waals surface area contributed by atoms with Crippen molar-refractivity contribution < 1.29 is 9.53 Å². The summed E-state index contributed by atoms with van der Waals surface area (Å²) in [6.07, 6.45) is 3.10. The fourth-order valence-corrected chi connectivity index (χ4v) is 3.78. The summed E-state index contributed by atoms with van der Waals surface area (Å²) in [6.45, 7) is 3.95. The molecule has 0 aliphatic carbocycles. The van der Waals surface area contributed by atoms with Gasteiger partial charge in [-0.15, -0.1) is 0 Å². The lowest BCUT2D eigenvalue weighted by Crippen LogP contribution is -2.13. The Morgan fingerprint density at radius 2 is 1.89 bits per heavy atom. The first-order valence-corrected chi connectivity index (χ1v) is 9.80. The lowest BCUT2D eigenvalue weighted by Gasteiger charge is -2.10. The molecule has 2 rings (SSSR count). The van der Waals surface area contributed by atoms with Crippen molar-refractivity contribution >= 4 is 72.7 Å². The zero-order valence-corrected chi connectivity index (χ0v) is 18.4. The Morgan fingerprint density at radius 1 is 1.22 bits per heavy atom. The van der Waals surface area contributed by atoms with Gasteiger partial charge in [0.15, 0.2) is 0 Å². The lowest BCUT2D eigenvalue weighted by molar-refractivity contribution is -0.112. The summed E-state index contributed by atoms with van der Waals surface area (Å²) in [7, 11) is 0. The topological polar surface area (TPSA) is 62.1 Å². The minimum Gasteiger partial charge on any atom is -0.487 e. The van der Waals surface area contributed by atoms with Crippen LogP contribution in [0.4, 0.5) is 5.69 Å². The standard InChI is InChI=1S/C19H12Br2Cl2N2O2/c1-2-5-27-18-14(20)7-11(8-15(18)21)6-12(10-24)19(26)25-13-3-4-16(22)17(23)9-13/h2-4,6-9H,1,5H2,(H,25,26)/b12-6+. The van der Waals surface area contributed by atoms with Gasteiger partial charge in [0.05, 0.1) is 19.0 Å². The molecule has 2 aromatic rings.